The minimum Gasteiger partial charge on any atom is -0.548 e. The van der Waals surface area contributed by atoms with Crippen LogP contribution in [-0.4, -0.2) is 22.0 Å². The third kappa shape index (κ3) is 2.18. The van der Waals surface area contributed by atoms with Crippen molar-refractivity contribution in [3.8, 4) is 0 Å². The Hall–Kier alpha value is -1.14. The second kappa shape index (κ2) is 3.51. The molecule has 0 bridgehead atoms. The van der Waals surface area contributed by atoms with E-state index in [1.54, 1.807) is 6.20 Å². The topological polar surface area (TPSA) is 97.7 Å². The summed E-state index contributed by atoms with van der Waals surface area (Å²) < 4.78 is 0.454. The summed E-state index contributed by atoms with van der Waals surface area (Å²) in [6, 6.07) is -0.994. The summed E-state index contributed by atoms with van der Waals surface area (Å²) in [5.41, 5.74) is 5.89. The summed E-state index contributed by atoms with van der Waals surface area (Å²) in [6.45, 7) is 0. The smallest absolute Gasteiger partial charge is 0.174 e. The first-order valence-electron chi connectivity index (χ1n) is 3.32. The van der Waals surface area contributed by atoms with Gasteiger partial charge in [-0.1, -0.05) is 0 Å². The van der Waals surface area contributed by atoms with Gasteiger partial charge in [-0.05, 0) is 12.2 Å². The van der Waals surface area contributed by atoms with Gasteiger partial charge in [0.15, 0.2) is 4.77 Å². The lowest BCUT2D eigenvalue weighted by Gasteiger charge is -2.09. The number of carboxylic acid groups (broad SMARTS) is 1. The fraction of sp³-hybridized carbons (Fsp3) is 0.333. The van der Waals surface area contributed by atoms with E-state index in [0.717, 1.165) is 0 Å². The molecule has 1 aromatic heterocycles. The van der Waals surface area contributed by atoms with Crippen molar-refractivity contribution in [1.29, 1.82) is 0 Å². The highest BCUT2D eigenvalue weighted by molar-refractivity contribution is 7.71. The van der Waals surface area contributed by atoms with Gasteiger partial charge in [-0.25, -0.2) is 0 Å². The van der Waals surface area contributed by atoms with Crippen LogP contribution in [0.4, 0.5) is 0 Å². The molecule has 1 heterocycles. The number of nitrogens with two attached hydrogens (primary N) is 1. The first kappa shape index (κ1) is 8.95. The zero-order valence-electron chi connectivity index (χ0n) is 6.16. The summed E-state index contributed by atoms with van der Waals surface area (Å²) in [5.74, 6) is -1.27. The second-order valence-corrected chi connectivity index (χ2v) is 2.81. The molecule has 0 aliphatic heterocycles. The molecule has 66 valence electrons. The lowest BCUT2D eigenvalue weighted by molar-refractivity contribution is -0.307. The molecule has 0 aliphatic rings. The van der Waals surface area contributed by atoms with Crippen molar-refractivity contribution < 1.29 is 9.90 Å². The van der Waals surface area contributed by atoms with Gasteiger partial charge in [0.2, 0.25) is 0 Å². The molecule has 1 rings (SSSR count). The number of carboxylic acids is 1. The number of carbonyl (C=O) groups is 1. The van der Waals surface area contributed by atoms with Gasteiger partial charge >= 0.3 is 0 Å². The van der Waals surface area contributed by atoms with Crippen molar-refractivity contribution in [1.82, 2.24) is 9.97 Å². The molecule has 4 N–H and O–H groups in total. The number of H-pyrrole nitrogens is 2. The van der Waals surface area contributed by atoms with Crippen LogP contribution >= 0.6 is 12.2 Å². The number of hydrogen-bond acceptors (Lipinski definition) is 4. The molecule has 0 fully saturated rings. The van der Waals surface area contributed by atoms with E-state index in [4.69, 9.17) is 18.0 Å². The molecule has 1 aromatic rings. The maximum absolute atomic E-state index is 10.2. The van der Waals surface area contributed by atoms with Crippen LogP contribution < -0.4 is 10.8 Å². The number of nitrogens with one attached hydrogen (secondary N) is 2. The average molecular weight is 186 g/mol. The summed E-state index contributed by atoms with van der Waals surface area (Å²) in [6.07, 6.45) is 1.78. The van der Waals surface area contributed by atoms with Gasteiger partial charge in [0.05, 0.1) is 5.97 Å². The van der Waals surface area contributed by atoms with Crippen LogP contribution in [0.2, 0.25) is 0 Å². The van der Waals surface area contributed by atoms with Gasteiger partial charge in [0.1, 0.15) is 0 Å². The number of aliphatic carboxylic acids is 1. The molecule has 0 aliphatic carbocycles. The SMILES string of the molecule is NC(Cc1c[nH]c(=S)[nH]1)C(=O)[O-]. The maximum atomic E-state index is 10.2. The lowest BCUT2D eigenvalue weighted by Crippen LogP contribution is -2.43. The minimum atomic E-state index is -1.27. The van der Waals surface area contributed by atoms with Crippen molar-refractivity contribution in [2.24, 2.45) is 5.73 Å². The van der Waals surface area contributed by atoms with Gasteiger partial charge in [-0.2, -0.15) is 0 Å². The van der Waals surface area contributed by atoms with E-state index >= 15 is 0 Å². The third-order valence-electron chi connectivity index (χ3n) is 1.39. The normalized spacial score (nSPS) is 12.8. The summed E-state index contributed by atoms with van der Waals surface area (Å²) in [7, 11) is 0. The number of aromatic amines is 2. The van der Waals surface area contributed by atoms with Crippen molar-refractivity contribution in [3.63, 3.8) is 0 Å². The summed E-state index contributed by atoms with van der Waals surface area (Å²) in [4.78, 5) is 15.7. The molecule has 1 atom stereocenters. The average Bonchev–Trinajstić information content (AvgIpc) is 2.35. The molecular formula is C6H8N3O2S-. The Labute approximate surface area is 73.6 Å². The van der Waals surface area contributed by atoms with Crippen molar-refractivity contribution >= 4 is 18.2 Å². The van der Waals surface area contributed by atoms with Gasteiger partial charge in [-0.15, -0.1) is 0 Å². The van der Waals surface area contributed by atoms with E-state index < -0.39 is 12.0 Å². The molecular weight excluding hydrogens is 178 g/mol. The van der Waals surface area contributed by atoms with E-state index in [9.17, 15) is 9.90 Å². The number of imidazole rings is 1. The van der Waals surface area contributed by atoms with Crippen LogP contribution in [0.1, 0.15) is 5.69 Å². The highest BCUT2D eigenvalue weighted by atomic mass is 32.1. The molecule has 6 heteroatoms. The van der Waals surface area contributed by atoms with Crippen LogP contribution in [0.5, 0.6) is 0 Å². The van der Waals surface area contributed by atoms with Crippen LogP contribution in [0.25, 0.3) is 0 Å². The van der Waals surface area contributed by atoms with Crippen molar-refractivity contribution in [2.45, 2.75) is 12.5 Å². The maximum Gasteiger partial charge on any atom is 0.174 e. The Morgan fingerprint density at radius 2 is 2.50 bits per heavy atom. The van der Waals surface area contributed by atoms with E-state index in [-0.39, 0.29) is 6.42 Å². The molecule has 0 saturated heterocycles. The van der Waals surface area contributed by atoms with Crippen LogP contribution in [0, 0.1) is 4.77 Å². The predicted molar refractivity (Wildman–Crippen MR) is 42.7 cm³/mol. The monoisotopic (exact) mass is 186 g/mol. The second-order valence-electron chi connectivity index (χ2n) is 2.40. The Morgan fingerprint density at radius 3 is 2.92 bits per heavy atom. The Morgan fingerprint density at radius 1 is 1.83 bits per heavy atom. The Balaban J connectivity index is 2.64. The van der Waals surface area contributed by atoms with Crippen molar-refractivity contribution in [3.05, 3.63) is 16.7 Å². The summed E-state index contributed by atoms with van der Waals surface area (Å²) in [5, 5.41) is 10.2. The Bertz CT molecular complexity index is 330. The number of rotatable bonds is 3. The zero-order chi connectivity index (χ0) is 9.14. The fourth-order valence-electron chi connectivity index (χ4n) is 0.801. The van der Waals surface area contributed by atoms with Crippen LogP contribution in [0.15, 0.2) is 6.20 Å². The molecule has 0 aromatic carbocycles. The molecule has 0 amide bonds. The first-order valence-corrected chi connectivity index (χ1v) is 3.73. The van der Waals surface area contributed by atoms with Gasteiger partial charge < -0.3 is 25.6 Å². The van der Waals surface area contributed by atoms with Crippen LogP contribution in [0.3, 0.4) is 0 Å². The fourth-order valence-corrected chi connectivity index (χ4v) is 0.991. The highest BCUT2D eigenvalue weighted by Gasteiger charge is 2.04. The number of aromatic nitrogens is 2. The van der Waals surface area contributed by atoms with Gasteiger partial charge in [0, 0.05) is 24.4 Å². The predicted octanol–water partition coefficient (Wildman–Crippen LogP) is -1.31. The lowest BCUT2D eigenvalue weighted by atomic mass is 10.2. The first-order chi connectivity index (χ1) is 5.59. The zero-order valence-corrected chi connectivity index (χ0v) is 6.98. The quantitative estimate of drug-likeness (QED) is 0.510. The molecule has 1 unspecified atom stereocenters. The molecule has 12 heavy (non-hydrogen) atoms. The van der Waals surface area contributed by atoms with Crippen molar-refractivity contribution in [2.75, 3.05) is 0 Å². The highest BCUT2D eigenvalue weighted by Crippen LogP contribution is 1.96. The molecule has 5 nitrogen and oxygen atoms in total. The standard InChI is InChI=1S/C6H9N3O2S/c7-4(5(10)11)1-3-2-8-6(12)9-3/h2,4H,1,7H2,(H,10,11)(H2,8,9,12)/p-1. The van der Waals surface area contributed by atoms with Crippen LogP contribution in [-0.2, 0) is 11.2 Å². The largest absolute Gasteiger partial charge is 0.548 e. The third-order valence-corrected chi connectivity index (χ3v) is 1.61. The van der Waals surface area contributed by atoms with E-state index in [1.165, 1.54) is 0 Å². The summed E-state index contributed by atoms with van der Waals surface area (Å²) >= 11 is 4.74. The minimum absolute atomic E-state index is 0.190. The van der Waals surface area contributed by atoms with E-state index in [2.05, 4.69) is 9.97 Å². The number of carbonyl (C=O) groups excluding carboxylic acids is 1. The Kier molecular flexibility index (Phi) is 2.61. The number of hydrogen-bond donors (Lipinski definition) is 3. The van der Waals surface area contributed by atoms with E-state index in [1.807, 2.05) is 0 Å². The molecule has 0 saturated carbocycles. The van der Waals surface area contributed by atoms with Gasteiger partial charge in [0.25, 0.3) is 0 Å². The van der Waals surface area contributed by atoms with E-state index in [0.29, 0.717) is 10.5 Å². The molecule has 0 spiro atoms. The van der Waals surface area contributed by atoms with Gasteiger partial charge in [-0.3, -0.25) is 0 Å². The molecule has 0 radical (unpaired) electrons.